The van der Waals surface area contributed by atoms with E-state index in [9.17, 15) is 9.59 Å². The van der Waals surface area contributed by atoms with Crippen LogP contribution in [0, 0.1) is 5.92 Å². The van der Waals surface area contributed by atoms with Gasteiger partial charge in [-0.05, 0) is 71.6 Å². The Morgan fingerprint density at radius 1 is 1.12 bits per heavy atom. The number of halogens is 1. The van der Waals surface area contributed by atoms with E-state index in [1.165, 1.54) is 6.42 Å². The molecule has 1 amide bonds. The second kappa shape index (κ2) is 12.7. The summed E-state index contributed by atoms with van der Waals surface area (Å²) in [6.45, 7) is 7.67. The summed E-state index contributed by atoms with van der Waals surface area (Å²) in [7, 11) is 2.16. The second-order valence-electron chi connectivity index (χ2n) is 13.0. The van der Waals surface area contributed by atoms with Crippen LogP contribution in [0.1, 0.15) is 57.8 Å². The number of hydrogen-bond acceptors (Lipinski definition) is 8. The fourth-order valence-corrected chi connectivity index (χ4v) is 8.09. The first-order valence-corrected chi connectivity index (χ1v) is 16.0. The maximum Gasteiger partial charge on any atom is 0.256 e. The molecule has 0 spiro atoms. The molecule has 0 bridgehead atoms. The predicted molar refractivity (Wildman–Crippen MR) is 152 cm³/mol. The number of piperazine rings is 1. The number of carbonyl (C=O) groups is 2. The molecule has 40 heavy (non-hydrogen) atoms. The average Bonchev–Trinajstić information content (AvgIpc) is 3.48. The van der Waals surface area contributed by atoms with Crippen LogP contribution >= 0.6 is 0 Å². The number of morpholine rings is 1. The van der Waals surface area contributed by atoms with Gasteiger partial charge in [0.1, 0.15) is 6.17 Å². The van der Waals surface area contributed by atoms with Crippen LogP contribution in [-0.2, 0) is 14.3 Å². The van der Waals surface area contributed by atoms with E-state index in [1.807, 2.05) is 6.20 Å². The summed E-state index contributed by atoms with van der Waals surface area (Å²) in [6, 6.07) is -0.0756. The van der Waals surface area contributed by atoms with Crippen molar-refractivity contribution in [1.29, 1.82) is 0 Å². The number of ether oxygens (including phenoxy) is 1. The van der Waals surface area contributed by atoms with Crippen molar-refractivity contribution in [2.75, 3.05) is 59.4 Å². The van der Waals surface area contributed by atoms with Crippen LogP contribution < -0.4 is 16.0 Å². The lowest BCUT2D eigenvalue weighted by molar-refractivity contribution is -0.197. The van der Waals surface area contributed by atoms with E-state index in [0.717, 1.165) is 90.8 Å². The lowest BCUT2D eigenvalue weighted by Crippen LogP contribution is -2.72. The van der Waals surface area contributed by atoms with Crippen molar-refractivity contribution in [1.82, 2.24) is 30.7 Å². The largest absolute Gasteiger partial charge is 0.369 e. The van der Waals surface area contributed by atoms with Crippen LogP contribution in [0.15, 0.2) is 11.8 Å². The molecule has 0 aromatic rings. The van der Waals surface area contributed by atoms with Gasteiger partial charge in [0.25, 0.3) is 5.91 Å². The lowest BCUT2D eigenvalue weighted by Gasteiger charge is -2.59. The van der Waals surface area contributed by atoms with Crippen molar-refractivity contribution in [2.24, 2.45) is 5.92 Å². The summed E-state index contributed by atoms with van der Waals surface area (Å²) in [5.74, 6) is -1.07. The number of ketones is 1. The van der Waals surface area contributed by atoms with Gasteiger partial charge in [0.05, 0.1) is 35.9 Å². The SMILES string of the molecule is CN1CCN(CCCNC2C(F)CC3C(=O)C(C(=O)NCCC4CCCN4)=CN4C5CCCCC5OC2C34)CC1. The van der Waals surface area contributed by atoms with Gasteiger partial charge in [-0.25, -0.2) is 4.39 Å². The summed E-state index contributed by atoms with van der Waals surface area (Å²) in [4.78, 5) is 34.1. The van der Waals surface area contributed by atoms with Gasteiger partial charge in [-0.3, -0.25) is 9.59 Å². The number of fused-ring (bicyclic) bond motifs is 2. The Labute approximate surface area is 238 Å². The zero-order valence-corrected chi connectivity index (χ0v) is 24.2. The van der Waals surface area contributed by atoms with E-state index in [2.05, 4.69) is 37.7 Å². The number of Topliss-reactive ketones (excluding diaryl/α,β-unsaturated/α-hetero) is 1. The molecular formula is C30H49FN6O3. The number of nitrogens with zero attached hydrogens (tertiary/aromatic N) is 3. The Hall–Kier alpha value is -1.59. The minimum atomic E-state index is -1.18. The third-order valence-corrected chi connectivity index (χ3v) is 10.4. The molecule has 2 aliphatic carbocycles. The minimum Gasteiger partial charge on any atom is -0.369 e. The van der Waals surface area contributed by atoms with Gasteiger partial charge >= 0.3 is 0 Å². The standard InChI is InChI=1S/C30H49FN6O3/c1-35-14-16-36(17-15-35)13-5-11-33-26-23(31)18-21-27-29(26)40-25-8-3-2-7-24(25)37(27)19-22(28(21)38)30(39)34-12-9-20-6-4-10-32-20/h19-21,23-27,29,32-33H,2-18H2,1H3,(H,34,39). The van der Waals surface area contributed by atoms with Gasteiger partial charge < -0.3 is 35.4 Å². The van der Waals surface area contributed by atoms with Crippen molar-refractivity contribution in [3.05, 3.63) is 11.8 Å². The van der Waals surface area contributed by atoms with E-state index in [0.29, 0.717) is 12.6 Å². The van der Waals surface area contributed by atoms with Gasteiger partial charge in [-0.1, -0.05) is 12.8 Å². The molecule has 10 heteroatoms. The summed E-state index contributed by atoms with van der Waals surface area (Å²) in [5, 5.41) is 9.98. The molecule has 8 atom stereocenters. The van der Waals surface area contributed by atoms with Gasteiger partial charge in [0, 0.05) is 50.9 Å². The highest BCUT2D eigenvalue weighted by Gasteiger charge is 2.58. The number of carbonyl (C=O) groups excluding carboxylic acids is 2. The smallest absolute Gasteiger partial charge is 0.256 e. The molecule has 0 aromatic heterocycles. The summed E-state index contributed by atoms with van der Waals surface area (Å²) in [6.07, 6.45) is 8.66. The van der Waals surface area contributed by atoms with Crippen LogP contribution in [-0.4, -0.2) is 128 Å². The average molecular weight is 561 g/mol. The Balaban J connectivity index is 1.13. The molecule has 224 valence electrons. The highest BCUT2D eigenvalue weighted by molar-refractivity contribution is 6.20. The number of hydrogen-bond donors (Lipinski definition) is 3. The third kappa shape index (κ3) is 5.98. The van der Waals surface area contributed by atoms with E-state index >= 15 is 4.39 Å². The first-order valence-electron chi connectivity index (χ1n) is 16.0. The quantitative estimate of drug-likeness (QED) is 0.285. The molecule has 9 nitrogen and oxygen atoms in total. The molecule has 5 fully saturated rings. The minimum absolute atomic E-state index is 0.0118. The van der Waals surface area contributed by atoms with Crippen LogP contribution in [0.3, 0.4) is 0 Å². The molecule has 6 rings (SSSR count). The van der Waals surface area contributed by atoms with Crippen LogP contribution in [0.4, 0.5) is 4.39 Å². The Kier molecular flexibility index (Phi) is 9.08. The van der Waals surface area contributed by atoms with E-state index < -0.39 is 24.2 Å². The predicted octanol–water partition coefficient (Wildman–Crippen LogP) is 1.05. The number of likely N-dealkylation sites (N-methyl/N-ethyl adjacent to an activating group) is 1. The van der Waals surface area contributed by atoms with Crippen LogP contribution in [0.5, 0.6) is 0 Å². The third-order valence-electron chi connectivity index (χ3n) is 10.4. The van der Waals surface area contributed by atoms with Crippen molar-refractivity contribution < 1.29 is 18.7 Å². The van der Waals surface area contributed by atoms with Crippen molar-refractivity contribution in [3.63, 3.8) is 0 Å². The summed E-state index contributed by atoms with van der Waals surface area (Å²) >= 11 is 0. The van der Waals surface area contributed by atoms with Gasteiger partial charge in [-0.15, -0.1) is 0 Å². The first kappa shape index (κ1) is 28.5. The summed E-state index contributed by atoms with van der Waals surface area (Å²) in [5.41, 5.74) is 0.205. The Morgan fingerprint density at radius 2 is 1.95 bits per heavy atom. The van der Waals surface area contributed by atoms with Crippen LogP contribution in [0.2, 0.25) is 0 Å². The van der Waals surface area contributed by atoms with E-state index in [4.69, 9.17) is 4.74 Å². The molecular weight excluding hydrogens is 511 g/mol. The molecule has 3 saturated heterocycles. The zero-order valence-electron chi connectivity index (χ0n) is 24.2. The number of rotatable bonds is 9. The molecule has 3 N–H and O–H groups in total. The molecule has 0 radical (unpaired) electrons. The fraction of sp³-hybridized carbons (Fsp3) is 0.867. The molecule has 0 aromatic carbocycles. The summed E-state index contributed by atoms with van der Waals surface area (Å²) < 4.78 is 22.6. The maximum absolute atomic E-state index is 15.9. The number of amides is 1. The molecule has 4 heterocycles. The van der Waals surface area contributed by atoms with Gasteiger partial charge in [0.2, 0.25) is 0 Å². The highest BCUT2D eigenvalue weighted by atomic mass is 19.1. The number of alkyl halides is 1. The van der Waals surface area contributed by atoms with Crippen molar-refractivity contribution in [2.45, 2.75) is 100 Å². The zero-order chi connectivity index (χ0) is 27.6. The topological polar surface area (TPSA) is 89.2 Å². The fourth-order valence-electron chi connectivity index (χ4n) is 8.09. The Morgan fingerprint density at radius 3 is 2.75 bits per heavy atom. The molecule has 4 aliphatic heterocycles. The monoisotopic (exact) mass is 560 g/mol. The van der Waals surface area contributed by atoms with E-state index in [1.54, 1.807) is 0 Å². The lowest BCUT2D eigenvalue weighted by atomic mass is 9.69. The van der Waals surface area contributed by atoms with Crippen LogP contribution in [0.25, 0.3) is 0 Å². The first-order chi connectivity index (χ1) is 19.5. The van der Waals surface area contributed by atoms with Crippen molar-refractivity contribution in [3.8, 4) is 0 Å². The van der Waals surface area contributed by atoms with E-state index in [-0.39, 0.29) is 41.9 Å². The number of nitrogens with one attached hydrogen (secondary N) is 3. The molecule has 2 saturated carbocycles. The Bertz CT molecular complexity index is 936. The molecule has 8 unspecified atom stereocenters. The highest BCUT2D eigenvalue weighted by Crippen LogP contribution is 2.45. The van der Waals surface area contributed by atoms with Gasteiger partial charge in [-0.2, -0.15) is 0 Å². The van der Waals surface area contributed by atoms with Crippen molar-refractivity contribution >= 4 is 11.7 Å². The molecule has 6 aliphatic rings. The second-order valence-corrected chi connectivity index (χ2v) is 13.0. The normalized spacial score (nSPS) is 38.5. The maximum atomic E-state index is 15.9. The van der Waals surface area contributed by atoms with Gasteiger partial charge in [0.15, 0.2) is 5.78 Å².